The van der Waals surface area contributed by atoms with Crippen molar-refractivity contribution in [3.8, 4) is 0 Å². The number of carboxylic acids is 1. The summed E-state index contributed by atoms with van der Waals surface area (Å²) in [6.07, 6.45) is -0.697. The molecule has 7 heteroatoms. The molecule has 0 saturated heterocycles. The maximum absolute atomic E-state index is 11.6. The number of anilines is 1. The van der Waals surface area contributed by atoms with Crippen LogP contribution in [0.5, 0.6) is 0 Å². The zero-order valence-electron chi connectivity index (χ0n) is 11.2. The highest BCUT2D eigenvalue weighted by Crippen LogP contribution is 2.24. The molecule has 0 radical (unpaired) electrons. The molecule has 0 heterocycles. The maximum Gasteiger partial charge on any atom is 0.412 e. The molecule has 0 atom stereocenters. The molecular weight excluding hydrogens is 286 g/mol. The first kappa shape index (κ1) is 16.0. The second kappa shape index (κ2) is 5.92. The molecule has 1 aromatic rings. The number of ether oxygens (including phenoxy) is 1. The van der Waals surface area contributed by atoms with Gasteiger partial charge in [0.25, 0.3) is 5.78 Å². The van der Waals surface area contributed by atoms with Gasteiger partial charge in [-0.25, -0.2) is 9.59 Å². The van der Waals surface area contributed by atoms with Crippen LogP contribution in [0.1, 0.15) is 31.1 Å². The van der Waals surface area contributed by atoms with Crippen LogP contribution in [0.15, 0.2) is 18.2 Å². The summed E-state index contributed by atoms with van der Waals surface area (Å²) in [5, 5.41) is 11.0. The molecule has 0 aliphatic carbocycles. The van der Waals surface area contributed by atoms with Gasteiger partial charge >= 0.3 is 12.1 Å². The van der Waals surface area contributed by atoms with E-state index in [-0.39, 0.29) is 16.3 Å². The van der Waals surface area contributed by atoms with Gasteiger partial charge in [0.15, 0.2) is 0 Å². The molecule has 0 aliphatic heterocycles. The average molecular weight is 300 g/mol. The van der Waals surface area contributed by atoms with Crippen LogP contribution >= 0.6 is 11.6 Å². The minimum absolute atomic E-state index is 0.0444. The number of carbonyl (C=O) groups is 3. The smallest absolute Gasteiger partial charge is 0.412 e. The molecule has 20 heavy (non-hydrogen) atoms. The van der Waals surface area contributed by atoms with Crippen LogP contribution in [0.25, 0.3) is 0 Å². The van der Waals surface area contributed by atoms with E-state index in [1.807, 2.05) is 0 Å². The highest BCUT2D eigenvalue weighted by atomic mass is 35.5. The Labute approximate surface area is 120 Å². The van der Waals surface area contributed by atoms with Crippen molar-refractivity contribution in [1.82, 2.24) is 0 Å². The lowest BCUT2D eigenvalue weighted by Gasteiger charge is -2.20. The second-order valence-electron chi connectivity index (χ2n) is 4.96. The Morgan fingerprint density at radius 3 is 2.30 bits per heavy atom. The van der Waals surface area contributed by atoms with Crippen LogP contribution in [0, 0.1) is 0 Å². The molecule has 0 aliphatic rings. The van der Waals surface area contributed by atoms with Gasteiger partial charge in [0.1, 0.15) is 5.60 Å². The first-order chi connectivity index (χ1) is 9.10. The van der Waals surface area contributed by atoms with Crippen molar-refractivity contribution in [3.63, 3.8) is 0 Å². The van der Waals surface area contributed by atoms with Crippen LogP contribution in [0.4, 0.5) is 10.5 Å². The summed E-state index contributed by atoms with van der Waals surface area (Å²) in [4.78, 5) is 33.3. The van der Waals surface area contributed by atoms with Gasteiger partial charge in [-0.2, -0.15) is 0 Å². The third-order valence-corrected chi connectivity index (χ3v) is 2.37. The van der Waals surface area contributed by atoms with Gasteiger partial charge in [0.2, 0.25) is 0 Å². The number of carbonyl (C=O) groups excluding carboxylic acids is 2. The molecule has 0 aromatic heterocycles. The Hall–Kier alpha value is -2.08. The molecule has 0 fully saturated rings. The maximum atomic E-state index is 11.6. The minimum atomic E-state index is -1.58. The average Bonchev–Trinajstić information content (AvgIpc) is 2.28. The molecule has 1 amide bonds. The summed E-state index contributed by atoms with van der Waals surface area (Å²) < 4.78 is 5.04. The van der Waals surface area contributed by atoms with Gasteiger partial charge in [-0.3, -0.25) is 10.1 Å². The fourth-order valence-corrected chi connectivity index (χ4v) is 1.52. The quantitative estimate of drug-likeness (QED) is 0.661. The number of carboxylic acid groups (broad SMARTS) is 1. The summed E-state index contributed by atoms with van der Waals surface area (Å²) in [6, 6.07) is 3.77. The number of benzene rings is 1. The SMILES string of the molecule is CC(C)(C)OC(=O)Nc1ccc(C(=O)C(=O)O)cc1Cl. The van der Waals surface area contributed by atoms with Gasteiger partial charge in [0, 0.05) is 5.56 Å². The molecule has 0 unspecified atom stereocenters. The molecule has 0 bridgehead atoms. The van der Waals surface area contributed by atoms with E-state index < -0.39 is 23.4 Å². The Bertz CT molecular complexity index is 562. The Kier molecular flexibility index (Phi) is 4.73. The van der Waals surface area contributed by atoms with Crippen LogP contribution in [-0.2, 0) is 9.53 Å². The predicted octanol–water partition coefficient (Wildman–Crippen LogP) is 2.95. The zero-order valence-corrected chi connectivity index (χ0v) is 11.9. The molecule has 0 saturated carbocycles. The van der Waals surface area contributed by atoms with E-state index >= 15 is 0 Å². The van der Waals surface area contributed by atoms with Crippen molar-refractivity contribution in [2.75, 3.05) is 5.32 Å². The third kappa shape index (κ3) is 4.55. The molecule has 0 spiro atoms. The number of hydrogen-bond acceptors (Lipinski definition) is 4. The van der Waals surface area contributed by atoms with Crippen molar-refractivity contribution in [2.24, 2.45) is 0 Å². The van der Waals surface area contributed by atoms with E-state index in [0.717, 1.165) is 0 Å². The van der Waals surface area contributed by atoms with Crippen molar-refractivity contribution < 1.29 is 24.2 Å². The highest BCUT2D eigenvalue weighted by molar-refractivity contribution is 6.41. The van der Waals surface area contributed by atoms with E-state index in [0.29, 0.717) is 0 Å². The summed E-state index contributed by atoms with van der Waals surface area (Å²) >= 11 is 5.88. The van der Waals surface area contributed by atoms with E-state index in [1.165, 1.54) is 18.2 Å². The van der Waals surface area contributed by atoms with Crippen LogP contribution < -0.4 is 5.32 Å². The van der Waals surface area contributed by atoms with Crippen molar-refractivity contribution in [1.29, 1.82) is 0 Å². The standard InChI is InChI=1S/C13H14ClNO5/c1-13(2,3)20-12(19)15-9-5-4-7(6-8(9)14)10(16)11(17)18/h4-6H,1-3H3,(H,15,19)(H,17,18). The van der Waals surface area contributed by atoms with Gasteiger partial charge in [0.05, 0.1) is 10.7 Å². The lowest BCUT2D eigenvalue weighted by atomic mass is 10.1. The number of Topliss-reactive ketones (excluding diaryl/α,β-unsaturated/α-hetero) is 1. The molecule has 1 rings (SSSR count). The van der Waals surface area contributed by atoms with E-state index in [1.54, 1.807) is 20.8 Å². The number of amides is 1. The van der Waals surface area contributed by atoms with Crippen LogP contribution in [-0.4, -0.2) is 28.6 Å². The first-order valence-corrected chi connectivity index (χ1v) is 6.05. The van der Waals surface area contributed by atoms with Crippen LogP contribution in [0.3, 0.4) is 0 Å². The highest BCUT2D eigenvalue weighted by Gasteiger charge is 2.19. The fraction of sp³-hybridized carbons (Fsp3) is 0.308. The number of aliphatic carboxylic acids is 1. The number of hydrogen-bond donors (Lipinski definition) is 2. The normalized spacial score (nSPS) is 10.8. The molecule has 1 aromatic carbocycles. The lowest BCUT2D eigenvalue weighted by Crippen LogP contribution is -2.27. The van der Waals surface area contributed by atoms with Gasteiger partial charge < -0.3 is 9.84 Å². The molecule has 6 nitrogen and oxygen atoms in total. The largest absolute Gasteiger partial charge is 0.475 e. The predicted molar refractivity (Wildman–Crippen MR) is 73.3 cm³/mol. The fourth-order valence-electron chi connectivity index (χ4n) is 1.29. The lowest BCUT2D eigenvalue weighted by molar-refractivity contribution is -0.131. The van der Waals surface area contributed by atoms with Gasteiger partial charge in [-0.1, -0.05) is 11.6 Å². The third-order valence-electron chi connectivity index (χ3n) is 2.06. The van der Waals surface area contributed by atoms with Gasteiger partial charge in [-0.05, 0) is 39.0 Å². The van der Waals surface area contributed by atoms with E-state index in [4.69, 9.17) is 21.4 Å². The topological polar surface area (TPSA) is 92.7 Å². The minimum Gasteiger partial charge on any atom is -0.475 e. The van der Waals surface area contributed by atoms with Crippen molar-refractivity contribution >= 4 is 35.1 Å². The Morgan fingerprint density at radius 1 is 1.25 bits per heavy atom. The first-order valence-electron chi connectivity index (χ1n) is 5.67. The van der Waals surface area contributed by atoms with Crippen molar-refractivity contribution in [3.05, 3.63) is 28.8 Å². The summed E-state index contributed by atoms with van der Waals surface area (Å²) in [7, 11) is 0. The number of halogens is 1. The monoisotopic (exact) mass is 299 g/mol. The zero-order chi connectivity index (χ0) is 15.5. The summed E-state index contributed by atoms with van der Waals surface area (Å²) in [5.74, 6) is -2.65. The van der Waals surface area contributed by atoms with Gasteiger partial charge in [-0.15, -0.1) is 0 Å². The Balaban J connectivity index is 2.87. The van der Waals surface area contributed by atoms with E-state index in [2.05, 4.69) is 5.32 Å². The summed E-state index contributed by atoms with van der Waals surface area (Å²) in [6.45, 7) is 5.13. The summed E-state index contributed by atoms with van der Waals surface area (Å²) in [5.41, 5.74) is -0.504. The second-order valence-corrected chi connectivity index (χ2v) is 5.36. The number of ketones is 1. The molecule has 2 N–H and O–H groups in total. The van der Waals surface area contributed by atoms with E-state index in [9.17, 15) is 14.4 Å². The number of rotatable bonds is 3. The molecule has 108 valence electrons. The number of nitrogens with one attached hydrogen (secondary N) is 1. The Morgan fingerprint density at radius 2 is 1.85 bits per heavy atom. The molecular formula is C13H14ClNO5. The van der Waals surface area contributed by atoms with Crippen molar-refractivity contribution in [2.45, 2.75) is 26.4 Å². The van der Waals surface area contributed by atoms with Crippen LogP contribution in [0.2, 0.25) is 5.02 Å².